The van der Waals surface area contributed by atoms with E-state index in [1.165, 1.54) is 0 Å². The minimum Gasteiger partial charge on any atom is -0.337 e. The Morgan fingerprint density at radius 2 is 2.14 bits per heavy atom. The second-order valence-corrected chi connectivity index (χ2v) is 4.10. The fraction of sp³-hybridized carbons (Fsp3) is 0.556. The highest BCUT2D eigenvalue weighted by molar-refractivity contribution is 5.90. The summed E-state index contributed by atoms with van der Waals surface area (Å²) in [6, 6.07) is 0. The molecule has 0 aliphatic carbocycles. The highest BCUT2D eigenvalue weighted by Crippen LogP contribution is 2.19. The molecule has 0 radical (unpaired) electrons. The van der Waals surface area contributed by atoms with E-state index in [4.69, 9.17) is 0 Å². The number of nitrogens with one attached hydrogen (secondary N) is 3. The van der Waals surface area contributed by atoms with Crippen molar-refractivity contribution in [1.82, 2.24) is 20.8 Å². The smallest absolute Gasteiger partial charge is 0.301 e. The number of hydrazine groups is 1. The van der Waals surface area contributed by atoms with E-state index in [9.17, 15) is 4.79 Å². The fourth-order valence-corrected chi connectivity index (χ4v) is 0.990. The number of carbonyl (C=O) groups is 1. The van der Waals surface area contributed by atoms with Crippen molar-refractivity contribution in [2.24, 2.45) is 0 Å². The summed E-state index contributed by atoms with van der Waals surface area (Å²) < 4.78 is 0. The van der Waals surface area contributed by atoms with Crippen molar-refractivity contribution in [3.63, 3.8) is 0 Å². The number of nitrogens with zero attached hydrogens (tertiary/aromatic N) is 1. The summed E-state index contributed by atoms with van der Waals surface area (Å²) in [6.45, 7) is 6.17. The third-order valence-electron chi connectivity index (χ3n) is 1.84. The minimum atomic E-state index is -0.261. The Balaban J connectivity index is 2.83. The zero-order chi connectivity index (χ0) is 10.8. The molecule has 5 nitrogen and oxygen atoms in total. The van der Waals surface area contributed by atoms with E-state index in [1.807, 2.05) is 0 Å². The first-order valence-corrected chi connectivity index (χ1v) is 4.47. The molecule has 14 heavy (non-hydrogen) atoms. The lowest BCUT2D eigenvalue weighted by molar-refractivity contribution is 0.0928. The average Bonchev–Trinajstić information content (AvgIpc) is 2.51. The van der Waals surface area contributed by atoms with Gasteiger partial charge in [-0.25, -0.2) is 10.4 Å². The second-order valence-electron chi connectivity index (χ2n) is 4.10. The van der Waals surface area contributed by atoms with Crippen molar-refractivity contribution >= 4 is 5.91 Å². The molecule has 1 heterocycles. The maximum absolute atomic E-state index is 11.3. The molecule has 3 N–H and O–H groups in total. The standard InChI is InChI=1S/C9H16N4O/c1-9(2,3)6-5-11-7(12-6)8(14)13-10-4/h5,10H,1-4H3,(H,11,12)(H,13,14). The van der Waals surface area contributed by atoms with Gasteiger partial charge in [-0.05, 0) is 0 Å². The van der Waals surface area contributed by atoms with Crippen molar-refractivity contribution in [2.75, 3.05) is 7.05 Å². The predicted molar refractivity (Wildman–Crippen MR) is 53.8 cm³/mol. The lowest BCUT2D eigenvalue weighted by Crippen LogP contribution is -2.34. The van der Waals surface area contributed by atoms with Crippen LogP contribution in [0.4, 0.5) is 0 Å². The Morgan fingerprint density at radius 1 is 1.50 bits per heavy atom. The molecule has 5 heteroatoms. The molecule has 1 aromatic rings. The quantitative estimate of drug-likeness (QED) is 0.606. The van der Waals surface area contributed by atoms with Crippen molar-refractivity contribution < 1.29 is 4.79 Å². The van der Waals surface area contributed by atoms with Crippen LogP contribution in [-0.4, -0.2) is 22.9 Å². The van der Waals surface area contributed by atoms with E-state index < -0.39 is 0 Å². The Kier molecular flexibility index (Phi) is 2.90. The van der Waals surface area contributed by atoms with Gasteiger partial charge in [0, 0.05) is 24.4 Å². The van der Waals surface area contributed by atoms with Crippen LogP contribution >= 0.6 is 0 Å². The van der Waals surface area contributed by atoms with Crippen LogP contribution in [-0.2, 0) is 5.41 Å². The van der Waals surface area contributed by atoms with Crippen LogP contribution in [0.1, 0.15) is 37.1 Å². The first kappa shape index (κ1) is 10.7. The highest BCUT2D eigenvalue weighted by Gasteiger charge is 2.18. The van der Waals surface area contributed by atoms with Crippen LogP contribution in [0.25, 0.3) is 0 Å². The van der Waals surface area contributed by atoms with Gasteiger partial charge in [-0.2, -0.15) is 0 Å². The van der Waals surface area contributed by atoms with Gasteiger partial charge in [0.05, 0.1) is 0 Å². The molecule has 0 saturated carbocycles. The van der Waals surface area contributed by atoms with Crippen molar-refractivity contribution in [2.45, 2.75) is 26.2 Å². The lowest BCUT2D eigenvalue weighted by atomic mass is 9.93. The van der Waals surface area contributed by atoms with Gasteiger partial charge >= 0.3 is 5.91 Å². The van der Waals surface area contributed by atoms with Crippen molar-refractivity contribution in [3.05, 3.63) is 17.7 Å². The van der Waals surface area contributed by atoms with Crippen LogP contribution in [0, 0.1) is 0 Å². The minimum absolute atomic E-state index is 0.0226. The number of aromatic amines is 1. The summed E-state index contributed by atoms with van der Waals surface area (Å²) in [5.41, 5.74) is 5.92. The van der Waals surface area contributed by atoms with Gasteiger partial charge in [0.2, 0.25) is 0 Å². The third-order valence-corrected chi connectivity index (χ3v) is 1.84. The number of imidazole rings is 1. The summed E-state index contributed by atoms with van der Waals surface area (Å²) in [6.07, 6.45) is 1.69. The molecule has 1 aromatic heterocycles. The fourth-order valence-electron chi connectivity index (χ4n) is 0.990. The maximum Gasteiger partial charge on any atom is 0.301 e. The number of rotatable bonds is 2. The van der Waals surface area contributed by atoms with Gasteiger partial charge in [0.15, 0.2) is 5.82 Å². The number of hydrogen-bond donors (Lipinski definition) is 3. The summed E-state index contributed by atoms with van der Waals surface area (Å²) >= 11 is 0. The van der Waals surface area contributed by atoms with Crippen LogP contribution in [0.15, 0.2) is 6.20 Å². The average molecular weight is 196 g/mol. The number of hydrogen-bond acceptors (Lipinski definition) is 3. The highest BCUT2D eigenvalue weighted by atomic mass is 16.2. The van der Waals surface area contributed by atoms with Gasteiger partial charge in [-0.15, -0.1) is 0 Å². The maximum atomic E-state index is 11.3. The Labute approximate surface area is 83.3 Å². The molecule has 0 aromatic carbocycles. The summed E-state index contributed by atoms with van der Waals surface area (Å²) in [5.74, 6) is 0.0623. The number of aromatic nitrogens is 2. The number of amides is 1. The topological polar surface area (TPSA) is 69.8 Å². The summed E-state index contributed by atoms with van der Waals surface area (Å²) in [5, 5.41) is 0. The largest absolute Gasteiger partial charge is 0.337 e. The molecule has 0 aliphatic heterocycles. The van der Waals surface area contributed by atoms with Crippen LogP contribution in [0.2, 0.25) is 0 Å². The molecule has 0 fully saturated rings. The molecule has 0 unspecified atom stereocenters. The van der Waals surface area contributed by atoms with Gasteiger partial charge in [-0.1, -0.05) is 20.8 Å². The normalized spacial score (nSPS) is 11.4. The van der Waals surface area contributed by atoms with Crippen LogP contribution in [0.5, 0.6) is 0 Å². The molecular weight excluding hydrogens is 180 g/mol. The van der Waals surface area contributed by atoms with Gasteiger partial charge < -0.3 is 4.98 Å². The number of carbonyl (C=O) groups excluding carboxylic acids is 1. The molecule has 1 rings (SSSR count). The van der Waals surface area contributed by atoms with E-state index in [2.05, 4.69) is 41.6 Å². The predicted octanol–water partition coefficient (Wildman–Crippen LogP) is 0.571. The first-order chi connectivity index (χ1) is 6.45. The SMILES string of the molecule is CNNC(=O)c1ncc(C(C)(C)C)[nH]1. The van der Waals surface area contributed by atoms with Gasteiger partial charge in [0.25, 0.3) is 0 Å². The molecule has 0 aliphatic rings. The third kappa shape index (κ3) is 2.32. The Morgan fingerprint density at radius 3 is 2.57 bits per heavy atom. The lowest BCUT2D eigenvalue weighted by Gasteiger charge is -2.14. The van der Waals surface area contributed by atoms with E-state index in [1.54, 1.807) is 13.2 Å². The summed E-state index contributed by atoms with van der Waals surface area (Å²) in [7, 11) is 1.63. The van der Waals surface area contributed by atoms with Crippen LogP contribution in [0.3, 0.4) is 0 Å². The molecule has 0 spiro atoms. The Bertz CT molecular complexity index is 324. The van der Waals surface area contributed by atoms with E-state index in [-0.39, 0.29) is 11.3 Å². The zero-order valence-electron chi connectivity index (χ0n) is 8.93. The van der Waals surface area contributed by atoms with Gasteiger partial charge in [0.1, 0.15) is 0 Å². The second kappa shape index (κ2) is 3.79. The van der Waals surface area contributed by atoms with Crippen molar-refractivity contribution in [1.29, 1.82) is 0 Å². The monoisotopic (exact) mass is 196 g/mol. The van der Waals surface area contributed by atoms with E-state index in [0.717, 1.165) is 5.69 Å². The molecule has 0 bridgehead atoms. The van der Waals surface area contributed by atoms with Crippen LogP contribution < -0.4 is 10.9 Å². The number of H-pyrrole nitrogens is 1. The van der Waals surface area contributed by atoms with Gasteiger partial charge in [-0.3, -0.25) is 10.2 Å². The zero-order valence-corrected chi connectivity index (χ0v) is 8.93. The first-order valence-electron chi connectivity index (χ1n) is 4.47. The molecule has 0 atom stereocenters. The summed E-state index contributed by atoms with van der Waals surface area (Å²) in [4.78, 5) is 18.3. The molecule has 1 amide bonds. The van der Waals surface area contributed by atoms with Crippen molar-refractivity contribution in [3.8, 4) is 0 Å². The molecule has 0 saturated heterocycles. The Hall–Kier alpha value is -1.36. The molecule has 78 valence electrons. The molecular formula is C9H16N4O. The van der Waals surface area contributed by atoms with E-state index in [0.29, 0.717) is 5.82 Å². The van der Waals surface area contributed by atoms with E-state index >= 15 is 0 Å².